The van der Waals surface area contributed by atoms with Gasteiger partial charge in [-0.3, -0.25) is 9.69 Å². The number of carbonyl (C=O) groups is 1. The molecule has 4 heterocycles. The van der Waals surface area contributed by atoms with E-state index >= 15 is 0 Å². The van der Waals surface area contributed by atoms with Gasteiger partial charge < -0.3 is 15.2 Å². The minimum absolute atomic E-state index is 0.0604. The van der Waals surface area contributed by atoms with Crippen LogP contribution in [0.2, 0.25) is 0 Å². The molecule has 38 heavy (non-hydrogen) atoms. The van der Waals surface area contributed by atoms with Crippen LogP contribution < -0.4 is 10.1 Å². The maximum Gasteiger partial charge on any atom is 0.401 e. The van der Waals surface area contributed by atoms with Crippen LogP contribution >= 0.6 is 0 Å². The summed E-state index contributed by atoms with van der Waals surface area (Å²) in [6.45, 7) is 1.27. The van der Waals surface area contributed by atoms with Crippen molar-refractivity contribution in [1.82, 2.24) is 19.5 Å². The monoisotopic (exact) mass is 529 g/mol. The van der Waals surface area contributed by atoms with Crippen molar-refractivity contribution in [2.45, 2.75) is 62.8 Å². The predicted octanol–water partition coefficient (Wildman–Crippen LogP) is 4.19. The van der Waals surface area contributed by atoms with E-state index in [9.17, 15) is 23.1 Å². The molecule has 2 aromatic heterocycles. The summed E-state index contributed by atoms with van der Waals surface area (Å²) >= 11 is 0. The highest BCUT2D eigenvalue weighted by Crippen LogP contribution is 2.47. The number of hydrogen-bond donors (Lipinski definition) is 2. The minimum Gasteiger partial charge on any atom is -0.485 e. The van der Waals surface area contributed by atoms with E-state index in [1.807, 2.05) is 19.1 Å². The minimum atomic E-state index is -4.20. The standard InChI is InChI=1S/C27H30F3N5O3/c1-26(15-36)11-17-9-21(33-25(37)20-12-32-35-7-3-6-31-24(20)35)19(10-23(17)38-26)16-4-2-5-22-18(8-16)13-34(22)14-27(28,29)30/h3,6-7,9-10,12,16,18,22,36H,2,4-5,8,11,13-15H2,1H3,(H,33,37)/t16-,18?,22-,26+/m0/s1. The molecule has 1 aliphatic carbocycles. The lowest BCUT2D eigenvalue weighted by atomic mass is 9.80. The predicted molar refractivity (Wildman–Crippen MR) is 133 cm³/mol. The van der Waals surface area contributed by atoms with Crippen LogP contribution in [0.3, 0.4) is 0 Å². The Morgan fingerprint density at radius 1 is 1.32 bits per heavy atom. The third kappa shape index (κ3) is 4.62. The first-order valence-corrected chi connectivity index (χ1v) is 13.0. The van der Waals surface area contributed by atoms with E-state index in [1.165, 1.54) is 10.7 Å². The van der Waals surface area contributed by atoms with E-state index in [4.69, 9.17) is 4.74 Å². The molecule has 1 aromatic carbocycles. The summed E-state index contributed by atoms with van der Waals surface area (Å²) < 4.78 is 46.7. The molecule has 2 N–H and O–H groups in total. The Hall–Kier alpha value is -3.18. The van der Waals surface area contributed by atoms with Crippen molar-refractivity contribution in [3.63, 3.8) is 0 Å². The molecular weight excluding hydrogens is 499 g/mol. The van der Waals surface area contributed by atoms with Crippen molar-refractivity contribution in [3.8, 4) is 5.75 Å². The van der Waals surface area contributed by atoms with Crippen LogP contribution in [-0.2, 0) is 6.42 Å². The molecule has 11 heteroatoms. The van der Waals surface area contributed by atoms with Gasteiger partial charge in [0, 0.05) is 42.7 Å². The zero-order valence-corrected chi connectivity index (χ0v) is 21.0. The van der Waals surface area contributed by atoms with Crippen molar-refractivity contribution >= 4 is 17.2 Å². The van der Waals surface area contributed by atoms with Gasteiger partial charge in [-0.2, -0.15) is 18.3 Å². The molecule has 1 saturated heterocycles. The number of aromatic nitrogens is 3. The van der Waals surface area contributed by atoms with Crippen LogP contribution in [0, 0.1) is 5.92 Å². The second-order valence-corrected chi connectivity index (χ2v) is 11.1. The number of halogens is 3. The zero-order chi connectivity index (χ0) is 26.7. The van der Waals surface area contributed by atoms with Gasteiger partial charge in [-0.05, 0) is 61.8 Å². The molecule has 8 nitrogen and oxygen atoms in total. The number of aliphatic hydroxyl groups is 1. The van der Waals surface area contributed by atoms with Gasteiger partial charge >= 0.3 is 6.18 Å². The largest absolute Gasteiger partial charge is 0.485 e. The van der Waals surface area contributed by atoms with E-state index in [0.717, 1.165) is 36.8 Å². The number of carbonyl (C=O) groups excluding carboxylic acids is 1. The number of alkyl halides is 3. The van der Waals surface area contributed by atoms with Crippen molar-refractivity contribution < 1.29 is 27.8 Å². The number of benzene rings is 1. The van der Waals surface area contributed by atoms with Crippen molar-refractivity contribution in [1.29, 1.82) is 0 Å². The van der Waals surface area contributed by atoms with E-state index < -0.39 is 18.3 Å². The number of rotatable bonds is 5. The van der Waals surface area contributed by atoms with E-state index in [0.29, 0.717) is 35.6 Å². The quantitative estimate of drug-likeness (QED) is 0.515. The van der Waals surface area contributed by atoms with Crippen LogP contribution in [0.5, 0.6) is 5.75 Å². The fraction of sp³-hybridized carbons (Fsp3) is 0.519. The van der Waals surface area contributed by atoms with E-state index in [1.54, 1.807) is 23.4 Å². The molecule has 2 fully saturated rings. The van der Waals surface area contributed by atoms with Gasteiger partial charge in [-0.15, -0.1) is 0 Å². The first-order chi connectivity index (χ1) is 18.1. The Bertz CT molecular complexity index is 1380. The van der Waals surface area contributed by atoms with E-state index in [-0.39, 0.29) is 30.4 Å². The molecular formula is C27H30F3N5O3. The fourth-order valence-corrected chi connectivity index (χ4v) is 6.41. The fourth-order valence-electron chi connectivity index (χ4n) is 6.41. The number of fused-ring (bicyclic) bond motifs is 3. The maximum absolute atomic E-state index is 13.4. The molecule has 1 amide bonds. The highest BCUT2D eigenvalue weighted by atomic mass is 19.4. The van der Waals surface area contributed by atoms with E-state index in [2.05, 4.69) is 15.4 Å². The number of hydrogen-bond acceptors (Lipinski definition) is 6. The summed E-state index contributed by atoms with van der Waals surface area (Å²) in [5, 5.41) is 17.2. The summed E-state index contributed by atoms with van der Waals surface area (Å²) in [4.78, 5) is 19.2. The number of amides is 1. The number of ether oxygens (including phenoxy) is 1. The Kier molecular flexibility index (Phi) is 6.10. The maximum atomic E-state index is 13.4. The van der Waals surface area contributed by atoms with Gasteiger partial charge in [-0.1, -0.05) is 6.42 Å². The highest BCUT2D eigenvalue weighted by Gasteiger charge is 2.46. The SMILES string of the molecule is C[C@]1(CO)Cc2cc(NC(=O)c3cnn4cccnc34)c([C@H]3CCC[C@H]4C(C3)CN4CC(F)(F)F)cc2O1. The average Bonchev–Trinajstić information content (AvgIpc) is 3.39. The number of anilines is 1. The van der Waals surface area contributed by atoms with Gasteiger partial charge in [0.05, 0.1) is 19.3 Å². The molecule has 1 saturated carbocycles. The van der Waals surface area contributed by atoms with Crippen molar-refractivity contribution in [3.05, 3.63) is 53.5 Å². The van der Waals surface area contributed by atoms with Gasteiger partial charge in [0.25, 0.3) is 5.91 Å². The summed E-state index contributed by atoms with van der Waals surface area (Å²) in [7, 11) is 0. The molecule has 0 spiro atoms. The lowest BCUT2D eigenvalue weighted by Gasteiger charge is -2.48. The van der Waals surface area contributed by atoms with Crippen LogP contribution in [0.4, 0.5) is 18.9 Å². The van der Waals surface area contributed by atoms with Gasteiger partial charge in [-0.25, -0.2) is 9.50 Å². The molecule has 0 bridgehead atoms. The average molecular weight is 530 g/mol. The third-order valence-electron chi connectivity index (χ3n) is 8.20. The first kappa shape index (κ1) is 25.1. The van der Waals surface area contributed by atoms with Gasteiger partial charge in [0.15, 0.2) is 5.65 Å². The molecule has 1 unspecified atom stereocenters. The van der Waals surface area contributed by atoms with Crippen molar-refractivity contribution in [2.24, 2.45) is 5.92 Å². The van der Waals surface area contributed by atoms with Gasteiger partial charge in [0.1, 0.15) is 16.9 Å². The molecule has 0 radical (unpaired) electrons. The molecule has 4 atom stereocenters. The summed E-state index contributed by atoms with van der Waals surface area (Å²) in [6.07, 6.45) is 4.20. The number of likely N-dealkylation sites (tertiary alicyclic amines) is 1. The molecule has 6 rings (SSSR count). The second kappa shape index (κ2) is 9.23. The molecule has 2 aliphatic heterocycles. The Balaban J connectivity index is 1.30. The van der Waals surface area contributed by atoms with Crippen molar-refractivity contribution in [2.75, 3.05) is 25.0 Å². The van der Waals surface area contributed by atoms with Crippen LogP contribution in [0.25, 0.3) is 5.65 Å². The number of nitrogens with one attached hydrogen (secondary N) is 1. The normalized spacial score (nSPS) is 27.2. The molecule has 3 aliphatic rings. The summed E-state index contributed by atoms with van der Waals surface area (Å²) in [6, 6.07) is 5.54. The summed E-state index contributed by atoms with van der Waals surface area (Å²) in [5.74, 6) is 0.579. The first-order valence-electron chi connectivity index (χ1n) is 13.0. The molecule has 3 aromatic rings. The Morgan fingerprint density at radius 2 is 2.16 bits per heavy atom. The van der Waals surface area contributed by atoms with Gasteiger partial charge in [0.2, 0.25) is 0 Å². The molecule has 202 valence electrons. The topological polar surface area (TPSA) is 92.0 Å². The van der Waals surface area contributed by atoms with Crippen LogP contribution in [0.15, 0.2) is 36.8 Å². The Labute approximate surface area is 217 Å². The Morgan fingerprint density at radius 3 is 2.95 bits per heavy atom. The lowest BCUT2D eigenvalue weighted by Crippen LogP contribution is -2.58. The number of aliphatic hydroxyl groups excluding tert-OH is 1. The highest BCUT2D eigenvalue weighted by molar-refractivity contribution is 6.08. The zero-order valence-electron chi connectivity index (χ0n) is 21.0. The van der Waals surface area contributed by atoms with Crippen LogP contribution in [-0.4, -0.2) is 68.0 Å². The smallest absolute Gasteiger partial charge is 0.401 e. The lowest BCUT2D eigenvalue weighted by molar-refractivity contribution is -0.171. The van der Waals surface area contributed by atoms with Crippen LogP contribution in [0.1, 0.15) is 60.0 Å². The summed E-state index contributed by atoms with van der Waals surface area (Å²) in [5.41, 5.74) is 2.51. The second-order valence-electron chi connectivity index (χ2n) is 11.1. The third-order valence-corrected chi connectivity index (χ3v) is 8.20. The number of nitrogens with zero attached hydrogens (tertiary/aromatic N) is 4.